The Morgan fingerprint density at radius 3 is 2.71 bits per heavy atom. The van der Waals surface area contributed by atoms with Gasteiger partial charge in [0.2, 0.25) is 5.91 Å². The summed E-state index contributed by atoms with van der Waals surface area (Å²) in [4.78, 5) is 26.6. The second-order valence-corrected chi connectivity index (χ2v) is 7.65. The fourth-order valence-corrected chi connectivity index (χ4v) is 3.73. The maximum atomic E-state index is 12.7. The first kappa shape index (κ1) is 18.7. The van der Waals surface area contributed by atoms with Gasteiger partial charge >= 0.3 is 0 Å². The number of piperidine rings is 1. The first-order valence-corrected chi connectivity index (χ1v) is 9.78. The van der Waals surface area contributed by atoms with E-state index in [2.05, 4.69) is 25.2 Å². The summed E-state index contributed by atoms with van der Waals surface area (Å²) < 4.78 is 0. The molecule has 8 heteroatoms. The Morgan fingerprint density at radius 2 is 1.96 bits per heavy atom. The molecule has 0 unspecified atom stereocenters. The number of hydrogen-bond donors (Lipinski definition) is 3. The lowest BCUT2D eigenvalue weighted by Crippen LogP contribution is -2.60. The average molecular weight is 399 g/mol. The van der Waals surface area contributed by atoms with Gasteiger partial charge < -0.3 is 20.9 Å². The van der Waals surface area contributed by atoms with Gasteiger partial charge in [-0.25, -0.2) is 9.97 Å². The quantitative estimate of drug-likeness (QED) is 0.612. The molecule has 0 spiro atoms. The number of amides is 1. The van der Waals surface area contributed by atoms with Gasteiger partial charge in [0, 0.05) is 30.9 Å². The van der Waals surface area contributed by atoms with Crippen molar-refractivity contribution < 1.29 is 4.79 Å². The standard InChI is InChI=1S/C20H23ClN6O/c21-15-3-1-14(2-4-15)5-9-24-19(28)20(22)7-11-27(12-8-20)18-16-6-10-23-17(16)25-13-26-18/h1-4,6,10,13H,5,7-9,11-12,22H2,(H,24,28)(H,23,25,26). The number of nitrogens with two attached hydrogens (primary N) is 1. The summed E-state index contributed by atoms with van der Waals surface area (Å²) in [5.41, 5.74) is 7.54. The van der Waals surface area contributed by atoms with Gasteiger partial charge in [0.15, 0.2) is 0 Å². The van der Waals surface area contributed by atoms with Crippen LogP contribution in [-0.4, -0.2) is 46.0 Å². The Morgan fingerprint density at radius 1 is 1.21 bits per heavy atom. The molecule has 1 aromatic carbocycles. The van der Waals surface area contributed by atoms with Crippen molar-refractivity contribution in [3.05, 3.63) is 53.4 Å². The second-order valence-electron chi connectivity index (χ2n) is 7.21. The Bertz CT molecular complexity index is 962. The van der Waals surface area contributed by atoms with E-state index in [0.717, 1.165) is 28.8 Å². The number of nitrogens with zero attached hydrogens (tertiary/aromatic N) is 3. The van der Waals surface area contributed by atoms with Gasteiger partial charge in [-0.15, -0.1) is 0 Å². The summed E-state index contributed by atoms with van der Waals surface area (Å²) in [5.74, 6) is 0.798. The summed E-state index contributed by atoms with van der Waals surface area (Å²) in [6, 6.07) is 9.61. The molecule has 1 aliphatic rings. The van der Waals surface area contributed by atoms with Crippen LogP contribution in [0.3, 0.4) is 0 Å². The van der Waals surface area contributed by atoms with Crippen molar-refractivity contribution in [2.45, 2.75) is 24.8 Å². The predicted molar refractivity (Wildman–Crippen MR) is 110 cm³/mol. The first-order chi connectivity index (χ1) is 13.5. The fraction of sp³-hybridized carbons (Fsp3) is 0.350. The highest BCUT2D eigenvalue weighted by molar-refractivity contribution is 6.30. The minimum absolute atomic E-state index is 0.0874. The lowest BCUT2D eigenvalue weighted by molar-refractivity contribution is -0.127. The van der Waals surface area contributed by atoms with Crippen molar-refractivity contribution in [3.8, 4) is 0 Å². The molecular formula is C20H23ClN6O. The number of carbonyl (C=O) groups is 1. The predicted octanol–water partition coefficient (Wildman–Crippen LogP) is 2.27. The van der Waals surface area contributed by atoms with Gasteiger partial charge in [-0.3, -0.25) is 4.79 Å². The third kappa shape index (κ3) is 3.81. The van der Waals surface area contributed by atoms with E-state index in [1.807, 2.05) is 36.5 Å². The topological polar surface area (TPSA) is 99.9 Å². The number of rotatable bonds is 5. The number of carbonyl (C=O) groups excluding carboxylic acids is 1. The Hall–Kier alpha value is -2.64. The molecule has 1 aliphatic heterocycles. The minimum atomic E-state index is -0.846. The van der Waals surface area contributed by atoms with E-state index in [1.54, 1.807) is 6.33 Å². The number of fused-ring (bicyclic) bond motifs is 1. The van der Waals surface area contributed by atoms with Gasteiger partial charge in [0.25, 0.3) is 0 Å². The van der Waals surface area contributed by atoms with E-state index in [0.29, 0.717) is 37.5 Å². The number of benzene rings is 1. The van der Waals surface area contributed by atoms with E-state index in [9.17, 15) is 4.79 Å². The van der Waals surface area contributed by atoms with Crippen molar-refractivity contribution in [2.75, 3.05) is 24.5 Å². The number of hydrogen-bond acceptors (Lipinski definition) is 5. The van der Waals surface area contributed by atoms with Crippen LogP contribution in [0, 0.1) is 0 Å². The number of anilines is 1. The number of H-pyrrole nitrogens is 1. The van der Waals surface area contributed by atoms with E-state index in [4.69, 9.17) is 17.3 Å². The van der Waals surface area contributed by atoms with E-state index in [-0.39, 0.29) is 5.91 Å². The van der Waals surface area contributed by atoms with Gasteiger partial charge in [-0.2, -0.15) is 0 Å². The first-order valence-electron chi connectivity index (χ1n) is 9.40. The largest absolute Gasteiger partial charge is 0.356 e. The van der Waals surface area contributed by atoms with Crippen LogP contribution in [0.15, 0.2) is 42.9 Å². The SMILES string of the molecule is NC1(C(=O)NCCc2ccc(Cl)cc2)CCN(c2ncnc3[nH]ccc23)CC1. The molecule has 3 aromatic rings. The highest BCUT2D eigenvalue weighted by atomic mass is 35.5. The number of aromatic nitrogens is 3. The molecule has 1 saturated heterocycles. The molecule has 0 aliphatic carbocycles. The summed E-state index contributed by atoms with van der Waals surface area (Å²) in [7, 11) is 0. The van der Waals surface area contributed by atoms with Crippen molar-refractivity contribution in [1.82, 2.24) is 20.3 Å². The molecule has 4 rings (SSSR count). The zero-order chi connectivity index (χ0) is 19.6. The van der Waals surface area contributed by atoms with Gasteiger partial charge in [-0.05, 0) is 43.0 Å². The zero-order valence-corrected chi connectivity index (χ0v) is 16.2. The van der Waals surface area contributed by atoms with Gasteiger partial charge in [0.05, 0.1) is 10.9 Å². The van der Waals surface area contributed by atoms with Crippen molar-refractivity contribution in [1.29, 1.82) is 0 Å². The van der Waals surface area contributed by atoms with Crippen LogP contribution in [0.1, 0.15) is 18.4 Å². The lowest BCUT2D eigenvalue weighted by atomic mass is 9.87. The molecule has 2 aromatic heterocycles. The highest BCUT2D eigenvalue weighted by Crippen LogP contribution is 2.28. The van der Waals surface area contributed by atoms with Crippen LogP contribution >= 0.6 is 11.6 Å². The average Bonchev–Trinajstić information content (AvgIpc) is 3.19. The fourth-order valence-electron chi connectivity index (χ4n) is 3.60. The highest BCUT2D eigenvalue weighted by Gasteiger charge is 2.38. The van der Waals surface area contributed by atoms with Gasteiger partial charge in [-0.1, -0.05) is 23.7 Å². The van der Waals surface area contributed by atoms with Gasteiger partial charge in [0.1, 0.15) is 17.8 Å². The van der Waals surface area contributed by atoms with Crippen molar-refractivity contribution in [2.24, 2.45) is 5.73 Å². The summed E-state index contributed by atoms with van der Waals surface area (Å²) in [6.07, 6.45) is 5.32. The molecular weight excluding hydrogens is 376 g/mol. The van der Waals surface area contributed by atoms with E-state index < -0.39 is 5.54 Å². The maximum Gasteiger partial charge on any atom is 0.240 e. The molecule has 3 heterocycles. The molecule has 0 bridgehead atoms. The minimum Gasteiger partial charge on any atom is -0.356 e. The molecule has 146 valence electrons. The normalized spacial score (nSPS) is 16.3. The van der Waals surface area contributed by atoms with Crippen molar-refractivity contribution in [3.63, 3.8) is 0 Å². The van der Waals surface area contributed by atoms with Crippen LogP contribution in [0.25, 0.3) is 11.0 Å². The summed E-state index contributed by atoms with van der Waals surface area (Å²) in [6.45, 7) is 1.91. The number of aromatic amines is 1. The Kier molecular flexibility index (Phi) is 5.19. The third-order valence-electron chi connectivity index (χ3n) is 5.35. The summed E-state index contributed by atoms with van der Waals surface area (Å²) in [5, 5.41) is 4.68. The van der Waals surface area contributed by atoms with Crippen LogP contribution in [-0.2, 0) is 11.2 Å². The van der Waals surface area contributed by atoms with Crippen molar-refractivity contribution >= 4 is 34.4 Å². The molecule has 1 fully saturated rings. The van der Waals surface area contributed by atoms with E-state index in [1.165, 1.54) is 0 Å². The molecule has 4 N–H and O–H groups in total. The molecule has 0 saturated carbocycles. The van der Waals surface area contributed by atoms with Crippen LogP contribution in [0.2, 0.25) is 5.02 Å². The Labute approximate surface area is 168 Å². The van der Waals surface area contributed by atoms with E-state index >= 15 is 0 Å². The van der Waals surface area contributed by atoms with Crippen LogP contribution in [0.5, 0.6) is 0 Å². The maximum absolute atomic E-state index is 12.7. The molecule has 1 amide bonds. The monoisotopic (exact) mass is 398 g/mol. The summed E-state index contributed by atoms with van der Waals surface area (Å²) >= 11 is 5.90. The second kappa shape index (κ2) is 7.77. The smallest absolute Gasteiger partial charge is 0.240 e. The Balaban J connectivity index is 1.33. The van der Waals surface area contributed by atoms with Crippen LogP contribution < -0.4 is 16.0 Å². The number of nitrogens with one attached hydrogen (secondary N) is 2. The molecule has 28 heavy (non-hydrogen) atoms. The molecule has 7 nitrogen and oxygen atoms in total. The molecule has 0 atom stereocenters. The zero-order valence-electron chi connectivity index (χ0n) is 15.5. The third-order valence-corrected chi connectivity index (χ3v) is 5.60. The molecule has 0 radical (unpaired) electrons. The number of halogens is 1. The van der Waals surface area contributed by atoms with Crippen LogP contribution in [0.4, 0.5) is 5.82 Å². The lowest BCUT2D eigenvalue weighted by Gasteiger charge is -2.38.